The molecule has 0 aliphatic rings. The van der Waals surface area contributed by atoms with E-state index in [9.17, 15) is 0 Å². The zero-order valence-corrected chi connectivity index (χ0v) is 9.70. The Morgan fingerprint density at radius 3 is 2.06 bits per heavy atom. The van der Waals surface area contributed by atoms with Crippen LogP contribution in [0.25, 0.3) is 0 Å². The van der Waals surface area contributed by atoms with Crippen LogP contribution in [-0.4, -0.2) is 0 Å². The molecule has 0 aliphatic carbocycles. The van der Waals surface area contributed by atoms with Crippen LogP contribution in [0.5, 0.6) is 0 Å². The van der Waals surface area contributed by atoms with Gasteiger partial charge in [-0.3, -0.25) is 0 Å². The Bertz CT molecular complexity index is 587. The first kappa shape index (κ1) is 11.1. The lowest BCUT2D eigenvalue weighted by molar-refractivity contribution is 1.45. The molecule has 0 aromatic heterocycles. The van der Waals surface area contributed by atoms with Gasteiger partial charge in [-0.15, -0.1) is 0 Å². The Morgan fingerprint density at radius 1 is 0.824 bits per heavy atom. The van der Waals surface area contributed by atoms with Gasteiger partial charge in [-0.1, -0.05) is 11.8 Å². The molecule has 0 fully saturated rings. The third-order valence-electron chi connectivity index (χ3n) is 2.53. The summed E-state index contributed by atoms with van der Waals surface area (Å²) < 4.78 is 0. The Balaban J connectivity index is 2.26. The van der Waals surface area contributed by atoms with Gasteiger partial charge in [0.2, 0.25) is 0 Å². The molecule has 0 aliphatic heterocycles. The SMILES string of the molecule is Cc1cc(C#Cc2ccc(N)cc2)ccc1N. The van der Waals surface area contributed by atoms with Crippen LogP contribution in [0.15, 0.2) is 42.5 Å². The fourth-order valence-electron chi connectivity index (χ4n) is 1.46. The summed E-state index contributed by atoms with van der Waals surface area (Å²) in [5, 5.41) is 0. The molecule has 0 radical (unpaired) electrons. The van der Waals surface area contributed by atoms with Crippen LogP contribution in [0.4, 0.5) is 11.4 Å². The lowest BCUT2D eigenvalue weighted by Crippen LogP contribution is -1.89. The Kier molecular flexibility index (Phi) is 3.02. The van der Waals surface area contributed by atoms with Crippen LogP contribution in [0.1, 0.15) is 16.7 Å². The first-order chi connectivity index (χ1) is 8.15. The molecule has 2 aromatic rings. The number of hydrogen-bond acceptors (Lipinski definition) is 2. The second kappa shape index (κ2) is 4.63. The molecule has 0 heterocycles. The molecule has 0 spiro atoms. The third kappa shape index (κ3) is 2.79. The first-order valence-electron chi connectivity index (χ1n) is 5.39. The molecule has 0 amide bonds. The number of nitrogen functional groups attached to an aromatic ring is 2. The quantitative estimate of drug-likeness (QED) is 0.531. The van der Waals surface area contributed by atoms with Crippen molar-refractivity contribution in [3.05, 3.63) is 59.2 Å². The van der Waals surface area contributed by atoms with Gasteiger partial charge in [0.15, 0.2) is 0 Å². The van der Waals surface area contributed by atoms with Gasteiger partial charge in [0, 0.05) is 22.5 Å². The second-order valence-electron chi connectivity index (χ2n) is 3.94. The highest BCUT2D eigenvalue weighted by molar-refractivity contribution is 5.53. The normalized spacial score (nSPS) is 9.47. The van der Waals surface area contributed by atoms with Crippen molar-refractivity contribution in [3.8, 4) is 11.8 Å². The van der Waals surface area contributed by atoms with Gasteiger partial charge < -0.3 is 11.5 Å². The summed E-state index contributed by atoms with van der Waals surface area (Å²) in [7, 11) is 0. The van der Waals surface area contributed by atoms with Crippen LogP contribution in [-0.2, 0) is 0 Å². The van der Waals surface area contributed by atoms with Gasteiger partial charge >= 0.3 is 0 Å². The van der Waals surface area contributed by atoms with E-state index in [1.165, 1.54) is 0 Å². The summed E-state index contributed by atoms with van der Waals surface area (Å²) in [6.45, 7) is 1.98. The van der Waals surface area contributed by atoms with Crippen molar-refractivity contribution >= 4 is 11.4 Å². The molecule has 0 atom stereocenters. The van der Waals surface area contributed by atoms with Gasteiger partial charge in [0.1, 0.15) is 0 Å². The average molecular weight is 222 g/mol. The minimum atomic E-state index is 0.749. The maximum atomic E-state index is 5.75. The van der Waals surface area contributed by atoms with Crippen LogP contribution >= 0.6 is 0 Å². The minimum absolute atomic E-state index is 0.749. The van der Waals surface area contributed by atoms with Crippen molar-refractivity contribution in [1.29, 1.82) is 0 Å². The summed E-state index contributed by atoms with van der Waals surface area (Å²) >= 11 is 0. The van der Waals surface area contributed by atoms with E-state index in [1.54, 1.807) is 0 Å². The van der Waals surface area contributed by atoms with Crippen molar-refractivity contribution in [2.45, 2.75) is 6.92 Å². The number of rotatable bonds is 0. The van der Waals surface area contributed by atoms with Crippen molar-refractivity contribution in [2.75, 3.05) is 11.5 Å². The molecule has 0 bridgehead atoms. The van der Waals surface area contributed by atoms with Gasteiger partial charge in [-0.2, -0.15) is 0 Å². The van der Waals surface area contributed by atoms with E-state index in [-0.39, 0.29) is 0 Å². The fourth-order valence-corrected chi connectivity index (χ4v) is 1.46. The largest absolute Gasteiger partial charge is 0.399 e. The van der Waals surface area contributed by atoms with Crippen molar-refractivity contribution in [3.63, 3.8) is 0 Å². The molecule has 2 heteroatoms. The Labute approximate surface area is 101 Å². The Hall–Kier alpha value is -2.40. The minimum Gasteiger partial charge on any atom is -0.399 e. The summed E-state index contributed by atoms with van der Waals surface area (Å²) in [5.41, 5.74) is 15.9. The number of hydrogen-bond donors (Lipinski definition) is 2. The molecule has 2 rings (SSSR count). The molecule has 2 aromatic carbocycles. The fraction of sp³-hybridized carbons (Fsp3) is 0.0667. The smallest absolute Gasteiger partial charge is 0.0344 e. The summed E-state index contributed by atoms with van der Waals surface area (Å²) in [5.74, 6) is 6.19. The van der Waals surface area contributed by atoms with Crippen molar-refractivity contribution in [1.82, 2.24) is 0 Å². The number of anilines is 2. The molecule has 4 N–H and O–H groups in total. The van der Waals surface area contributed by atoms with Crippen LogP contribution < -0.4 is 11.5 Å². The predicted molar refractivity (Wildman–Crippen MR) is 72.4 cm³/mol. The van der Waals surface area contributed by atoms with Crippen LogP contribution in [0.3, 0.4) is 0 Å². The molecular weight excluding hydrogens is 208 g/mol. The average Bonchev–Trinajstić information content (AvgIpc) is 2.33. The topological polar surface area (TPSA) is 52.0 Å². The summed E-state index contributed by atoms with van der Waals surface area (Å²) in [4.78, 5) is 0. The molecule has 0 unspecified atom stereocenters. The molecule has 0 saturated heterocycles. The maximum Gasteiger partial charge on any atom is 0.0344 e. The van der Waals surface area contributed by atoms with Crippen molar-refractivity contribution < 1.29 is 0 Å². The van der Waals surface area contributed by atoms with E-state index in [2.05, 4.69) is 11.8 Å². The monoisotopic (exact) mass is 222 g/mol. The van der Waals surface area contributed by atoms with Gasteiger partial charge in [-0.05, 0) is 55.0 Å². The van der Waals surface area contributed by atoms with Gasteiger partial charge in [0.25, 0.3) is 0 Å². The van der Waals surface area contributed by atoms with E-state index >= 15 is 0 Å². The van der Waals surface area contributed by atoms with Gasteiger partial charge in [0.05, 0.1) is 0 Å². The lowest BCUT2D eigenvalue weighted by atomic mass is 10.1. The first-order valence-corrected chi connectivity index (χ1v) is 5.39. The van der Waals surface area contributed by atoms with Gasteiger partial charge in [-0.25, -0.2) is 0 Å². The zero-order chi connectivity index (χ0) is 12.3. The molecule has 17 heavy (non-hydrogen) atoms. The highest BCUT2D eigenvalue weighted by Gasteiger charge is 1.93. The highest BCUT2D eigenvalue weighted by Crippen LogP contribution is 2.12. The molecule has 84 valence electrons. The highest BCUT2D eigenvalue weighted by atomic mass is 14.5. The van der Waals surface area contributed by atoms with E-state index in [4.69, 9.17) is 11.5 Å². The van der Waals surface area contributed by atoms with E-state index < -0.39 is 0 Å². The second-order valence-corrected chi connectivity index (χ2v) is 3.94. The molecule has 2 nitrogen and oxygen atoms in total. The third-order valence-corrected chi connectivity index (χ3v) is 2.53. The zero-order valence-electron chi connectivity index (χ0n) is 9.70. The molecule has 0 saturated carbocycles. The lowest BCUT2D eigenvalue weighted by Gasteiger charge is -1.98. The number of aryl methyl sites for hydroxylation is 1. The van der Waals surface area contributed by atoms with E-state index in [1.807, 2.05) is 49.4 Å². The summed E-state index contributed by atoms with van der Waals surface area (Å²) in [6.07, 6.45) is 0. The number of benzene rings is 2. The van der Waals surface area contributed by atoms with E-state index in [0.717, 1.165) is 28.1 Å². The van der Waals surface area contributed by atoms with Crippen LogP contribution in [0.2, 0.25) is 0 Å². The van der Waals surface area contributed by atoms with E-state index in [0.29, 0.717) is 0 Å². The maximum absolute atomic E-state index is 5.75. The van der Waals surface area contributed by atoms with Crippen molar-refractivity contribution in [2.24, 2.45) is 0 Å². The molecular formula is C15H14N2. The standard InChI is InChI=1S/C15H14N2/c1-11-10-13(6-9-15(11)17)3-2-12-4-7-14(16)8-5-12/h4-10H,16-17H2,1H3. The summed E-state index contributed by atoms with van der Waals surface area (Å²) in [6, 6.07) is 13.3. The number of nitrogens with two attached hydrogens (primary N) is 2. The predicted octanol–water partition coefficient (Wildman–Crippen LogP) is 2.56. The Morgan fingerprint density at radius 2 is 1.41 bits per heavy atom. The van der Waals surface area contributed by atoms with Crippen LogP contribution in [0, 0.1) is 18.8 Å².